The van der Waals surface area contributed by atoms with Gasteiger partial charge in [0, 0.05) is 23.2 Å². The summed E-state index contributed by atoms with van der Waals surface area (Å²) in [5, 5.41) is 16.1. The Labute approximate surface area is 168 Å². The van der Waals surface area contributed by atoms with E-state index in [2.05, 4.69) is 16.5 Å². The minimum atomic E-state index is -0.0945. The van der Waals surface area contributed by atoms with Crippen molar-refractivity contribution in [3.8, 4) is 11.8 Å². The number of para-hydroxylation sites is 2. The van der Waals surface area contributed by atoms with Gasteiger partial charge in [0.25, 0.3) is 0 Å². The van der Waals surface area contributed by atoms with Gasteiger partial charge in [-0.2, -0.15) is 10.4 Å². The van der Waals surface area contributed by atoms with E-state index in [9.17, 15) is 4.79 Å². The smallest absolute Gasteiger partial charge is 0.238 e. The number of nitriles is 1. The van der Waals surface area contributed by atoms with E-state index >= 15 is 0 Å². The zero-order valence-corrected chi connectivity index (χ0v) is 16.4. The molecule has 3 aromatic rings. The number of thioether (sulfide) groups is 1. The summed E-state index contributed by atoms with van der Waals surface area (Å²) in [7, 11) is 1.90. The normalized spacial score (nSPS) is 10.6. The van der Waals surface area contributed by atoms with Crippen LogP contribution in [-0.4, -0.2) is 39.9 Å². The van der Waals surface area contributed by atoms with Gasteiger partial charge in [0.2, 0.25) is 5.91 Å². The Kier molecular flexibility index (Phi) is 6.84. The Morgan fingerprint density at radius 3 is 2.75 bits per heavy atom. The van der Waals surface area contributed by atoms with Crippen LogP contribution in [0, 0.1) is 11.3 Å². The summed E-state index contributed by atoms with van der Waals surface area (Å²) >= 11 is 1.41. The maximum atomic E-state index is 12.4. The van der Waals surface area contributed by atoms with Crippen LogP contribution >= 0.6 is 11.8 Å². The number of carbonyl (C=O) groups excluding carboxylic acids is 1. The number of nitrogens with zero attached hydrogens (tertiary/aromatic N) is 4. The fourth-order valence-electron chi connectivity index (χ4n) is 2.77. The zero-order valence-electron chi connectivity index (χ0n) is 15.6. The summed E-state index contributed by atoms with van der Waals surface area (Å²) in [6.07, 6.45) is 3.78. The molecule has 0 bridgehead atoms. The summed E-state index contributed by atoms with van der Waals surface area (Å²) in [6.45, 7) is 0.874. The average molecular weight is 392 g/mol. The van der Waals surface area contributed by atoms with Crippen LogP contribution in [0.15, 0.2) is 71.9 Å². The van der Waals surface area contributed by atoms with E-state index in [0.717, 1.165) is 21.8 Å². The summed E-state index contributed by atoms with van der Waals surface area (Å²) in [4.78, 5) is 15.2. The summed E-state index contributed by atoms with van der Waals surface area (Å²) in [5.41, 5.74) is 2.77. The van der Waals surface area contributed by atoms with Crippen LogP contribution in [0.5, 0.6) is 0 Å². The highest BCUT2D eigenvalue weighted by Crippen LogP contribution is 2.26. The van der Waals surface area contributed by atoms with Crippen LogP contribution in [0.3, 0.4) is 0 Å². The van der Waals surface area contributed by atoms with Crippen molar-refractivity contribution in [1.82, 2.24) is 14.7 Å². The topological polar surface area (TPSA) is 74.0 Å². The fraction of sp³-hybridized carbons (Fsp3) is 0.190. The summed E-state index contributed by atoms with van der Waals surface area (Å²) < 4.78 is 1.83. The summed E-state index contributed by atoms with van der Waals surface area (Å²) in [6, 6.07) is 19.5. The monoisotopic (exact) mass is 391 g/mol. The van der Waals surface area contributed by atoms with Crippen molar-refractivity contribution >= 4 is 23.4 Å². The molecular formula is C21H21N5OS. The molecule has 2 aromatic carbocycles. The van der Waals surface area contributed by atoms with E-state index < -0.39 is 0 Å². The molecule has 3 rings (SSSR count). The number of aromatic nitrogens is 2. The third kappa shape index (κ3) is 5.46. The molecule has 1 amide bonds. The summed E-state index contributed by atoms with van der Waals surface area (Å²) in [5.74, 6) is 0.251. The molecule has 142 valence electrons. The molecule has 0 saturated carbocycles. The molecule has 0 aliphatic carbocycles. The van der Waals surface area contributed by atoms with Crippen molar-refractivity contribution in [3.63, 3.8) is 0 Å². The van der Waals surface area contributed by atoms with Crippen LogP contribution in [0.4, 0.5) is 5.69 Å². The number of likely N-dealkylation sites (N-methyl/N-ethyl adjacent to an activating group) is 1. The van der Waals surface area contributed by atoms with Crippen molar-refractivity contribution in [1.29, 1.82) is 5.26 Å². The van der Waals surface area contributed by atoms with Gasteiger partial charge in [-0.25, -0.2) is 4.68 Å². The van der Waals surface area contributed by atoms with Crippen LogP contribution in [0.25, 0.3) is 5.69 Å². The number of rotatable bonds is 8. The third-order valence-corrected chi connectivity index (χ3v) is 4.92. The van der Waals surface area contributed by atoms with Gasteiger partial charge >= 0.3 is 0 Å². The van der Waals surface area contributed by atoms with E-state index in [-0.39, 0.29) is 12.5 Å². The molecule has 0 saturated heterocycles. The number of hydrogen-bond donors (Lipinski definition) is 1. The molecule has 0 spiro atoms. The Balaban J connectivity index is 1.55. The highest BCUT2D eigenvalue weighted by atomic mass is 32.2. The minimum Gasteiger partial charge on any atom is -0.324 e. The predicted molar refractivity (Wildman–Crippen MR) is 111 cm³/mol. The Morgan fingerprint density at radius 2 is 1.96 bits per heavy atom. The van der Waals surface area contributed by atoms with Crippen molar-refractivity contribution in [2.75, 3.05) is 24.7 Å². The van der Waals surface area contributed by atoms with Gasteiger partial charge in [0.15, 0.2) is 0 Å². The molecule has 7 heteroatoms. The van der Waals surface area contributed by atoms with Gasteiger partial charge in [-0.3, -0.25) is 9.69 Å². The van der Waals surface area contributed by atoms with E-state index in [1.807, 2.05) is 83.6 Å². The standard InChI is InChI=1S/C21H21N5OS/c1-25(14-17-13-23-26(15-17)18-7-3-2-4-8-18)16-21(27)24-19-9-5-6-10-20(19)28-12-11-22/h2-10,13,15H,12,14,16H2,1H3,(H,24,27). The first-order valence-corrected chi connectivity index (χ1v) is 9.80. The Hall–Kier alpha value is -3.08. The third-order valence-electron chi connectivity index (χ3n) is 3.98. The quantitative estimate of drug-likeness (QED) is 0.595. The number of benzene rings is 2. The van der Waals surface area contributed by atoms with Gasteiger partial charge in [-0.15, -0.1) is 11.8 Å². The van der Waals surface area contributed by atoms with Crippen molar-refractivity contribution in [3.05, 3.63) is 72.6 Å². The van der Waals surface area contributed by atoms with Crippen LogP contribution in [0.1, 0.15) is 5.56 Å². The Morgan fingerprint density at radius 1 is 1.21 bits per heavy atom. The van der Waals surface area contributed by atoms with Gasteiger partial charge in [-0.1, -0.05) is 30.3 Å². The molecule has 6 nitrogen and oxygen atoms in total. The molecule has 0 radical (unpaired) electrons. The van der Waals surface area contributed by atoms with Gasteiger partial charge in [-0.05, 0) is 31.3 Å². The number of hydrogen-bond acceptors (Lipinski definition) is 5. The zero-order chi connectivity index (χ0) is 19.8. The number of carbonyl (C=O) groups is 1. The lowest BCUT2D eigenvalue weighted by Crippen LogP contribution is -2.29. The SMILES string of the molecule is CN(CC(=O)Nc1ccccc1SCC#N)Cc1cnn(-c2ccccc2)c1. The molecule has 28 heavy (non-hydrogen) atoms. The predicted octanol–water partition coefficient (Wildman–Crippen LogP) is 3.56. The first-order chi connectivity index (χ1) is 13.7. The van der Waals surface area contributed by atoms with E-state index in [1.165, 1.54) is 11.8 Å². The van der Waals surface area contributed by atoms with Crippen LogP contribution in [-0.2, 0) is 11.3 Å². The molecular weight excluding hydrogens is 370 g/mol. The highest BCUT2D eigenvalue weighted by molar-refractivity contribution is 7.99. The second-order valence-corrected chi connectivity index (χ2v) is 7.31. The molecule has 0 unspecified atom stereocenters. The molecule has 0 aliphatic heterocycles. The fourth-order valence-corrected chi connectivity index (χ4v) is 3.44. The van der Waals surface area contributed by atoms with E-state index in [4.69, 9.17) is 5.26 Å². The first kappa shape index (κ1) is 19.7. The van der Waals surface area contributed by atoms with Gasteiger partial charge in [0.05, 0.1) is 35.9 Å². The lowest BCUT2D eigenvalue weighted by molar-refractivity contribution is -0.117. The van der Waals surface area contributed by atoms with Gasteiger partial charge in [0.1, 0.15) is 0 Å². The Bertz CT molecular complexity index is 964. The maximum Gasteiger partial charge on any atom is 0.238 e. The number of anilines is 1. The molecule has 0 atom stereocenters. The molecule has 1 heterocycles. The molecule has 1 N–H and O–H groups in total. The largest absolute Gasteiger partial charge is 0.324 e. The number of amides is 1. The van der Waals surface area contributed by atoms with Crippen LogP contribution < -0.4 is 5.32 Å². The number of nitrogens with one attached hydrogen (secondary N) is 1. The van der Waals surface area contributed by atoms with Crippen LogP contribution in [0.2, 0.25) is 0 Å². The lowest BCUT2D eigenvalue weighted by atomic mass is 10.3. The average Bonchev–Trinajstić information content (AvgIpc) is 3.16. The molecule has 1 aromatic heterocycles. The van der Waals surface area contributed by atoms with E-state index in [0.29, 0.717) is 12.3 Å². The molecule has 0 fully saturated rings. The van der Waals surface area contributed by atoms with E-state index in [1.54, 1.807) is 0 Å². The minimum absolute atomic E-state index is 0.0945. The van der Waals surface area contributed by atoms with Crippen molar-refractivity contribution in [2.45, 2.75) is 11.4 Å². The molecule has 0 aliphatic rings. The highest BCUT2D eigenvalue weighted by Gasteiger charge is 2.11. The van der Waals surface area contributed by atoms with Crippen molar-refractivity contribution in [2.24, 2.45) is 0 Å². The van der Waals surface area contributed by atoms with Gasteiger partial charge < -0.3 is 5.32 Å². The second kappa shape index (κ2) is 9.74. The maximum absolute atomic E-state index is 12.4. The second-order valence-electron chi connectivity index (χ2n) is 6.29. The van der Waals surface area contributed by atoms with Crippen molar-refractivity contribution < 1.29 is 4.79 Å². The lowest BCUT2D eigenvalue weighted by Gasteiger charge is -2.16. The first-order valence-electron chi connectivity index (χ1n) is 8.82.